The van der Waals surface area contributed by atoms with Gasteiger partial charge in [0.1, 0.15) is 0 Å². The predicted octanol–water partition coefficient (Wildman–Crippen LogP) is 1.05. The molecular formula is C12H17BrN2O3. The Balaban J connectivity index is 2.43. The SMILES string of the molecule is CCOC(=O)[C@H](O)CN(N)Cc1ccc(Br)cc1. The number of benzene rings is 1. The first-order valence-corrected chi connectivity index (χ1v) is 6.41. The van der Waals surface area contributed by atoms with E-state index >= 15 is 0 Å². The number of hydrogen-bond acceptors (Lipinski definition) is 5. The van der Waals surface area contributed by atoms with Gasteiger partial charge in [-0.05, 0) is 24.6 Å². The molecule has 18 heavy (non-hydrogen) atoms. The Kier molecular flexibility index (Phi) is 6.28. The van der Waals surface area contributed by atoms with Crippen LogP contribution in [0.2, 0.25) is 0 Å². The molecule has 1 atom stereocenters. The van der Waals surface area contributed by atoms with Crippen molar-refractivity contribution in [2.24, 2.45) is 5.84 Å². The highest BCUT2D eigenvalue weighted by Crippen LogP contribution is 2.11. The highest BCUT2D eigenvalue weighted by molar-refractivity contribution is 9.10. The second kappa shape index (κ2) is 7.48. The van der Waals surface area contributed by atoms with Crippen LogP contribution in [0.25, 0.3) is 0 Å². The normalized spacial score (nSPS) is 12.5. The van der Waals surface area contributed by atoms with Crippen molar-refractivity contribution < 1.29 is 14.6 Å². The number of hydrogen-bond donors (Lipinski definition) is 2. The third-order valence-electron chi connectivity index (χ3n) is 2.27. The van der Waals surface area contributed by atoms with Crippen molar-refractivity contribution in [3.05, 3.63) is 34.3 Å². The number of carbonyl (C=O) groups excluding carboxylic acids is 1. The zero-order chi connectivity index (χ0) is 13.5. The minimum atomic E-state index is -1.22. The van der Waals surface area contributed by atoms with E-state index < -0.39 is 12.1 Å². The van der Waals surface area contributed by atoms with Gasteiger partial charge in [-0.25, -0.2) is 9.80 Å². The van der Waals surface area contributed by atoms with E-state index in [1.807, 2.05) is 24.3 Å². The molecular weight excluding hydrogens is 300 g/mol. The molecule has 0 saturated carbocycles. The van der Waals surface area contributed by atoms with E-state index in [0.717, 1.165) is 10.0 Å². The Labute approximate surface area is 115 Å². The van der Waals surface area contributed by atoms with E-state index in [-0.39, 0.29) is 13.2 Å². The van der Waals surface area contributed by atoms with Crippen molar-refractivity contribution in [1.29, 1.82) is 0 Å². The molecule has 0 heterocycles. The lowest BCUT2D eigenvalue weighted by Gasteiger charge is -2.19. The van der Waals surface area contributed by atoms with Gasteiger partial charge < -0.3 is 9.84 Å². The van der Waals surface area contributed by atoms with Crippen LogP contribution in [0.1, 0.15) is 12.5 Å². The van der Waals surface area contributed by atoms with Crippen molar-refractivity contribution in [3.8, 4) is 0 Å². The van der Waals surface area contributed by atoms with Crippen LogP contribution in [0.5, 0.6) is 0 Å². The summed E-state index contributed by atoms with van der Waals surface area (Å²) in [5.74, 6) is 5.08. The van der Waals surface area contributed by atoms with Gasteiger partial charge in [-0.15, -0.1) is 0 Å². The van der Waals surface area contributed by atoms with Crippen molar-refractivity contribution in [1.82, 2.24) is 5.01 Å². The Morgan fingerprint density at radius 3 is 2.67 bits per heavy atom. The van der Waals surface area contributed by atoms with Crippen molar-refractivity contribution in [3.63, 3.8) is 0 Å². The van der Waals surface area contributed by atoms with Gasteiger partial charge in [0, 0.05) is 11.0 Å². The summed E-state index contributed by atoms with van der Waals surface area (Å²) in [5, 5.41) is 10.9. The van der Waals surface area contributed by atoms with Crippen LogP contribution in [0.3, 0.4) is 0 Å². The molecule has 0 unspecified atom stereocenters. The van der Waals surface area contributed by atoms with E-state index in [1.165, 1.54) is 5.01 Å². The van der Waals surface area contributed by atoms with Crippen LogP contribution < -0.4 is 5.84 Å². The summed E-state index contributed by atoms with van der Waals surface area (Å²) < 4.78 is 5.68. The summed E-state index contributed by atoms with van der Waals surface area (Å²) in [6.07, 6.45) is -1.22. The van der Waals surface area contributed by atoms with Crippen molar-refractivity contribution in [2.45, 2.75) is 19.6 Å². The first kappa shape index (κ1) is 15.1. The van der Waals surface area contributed by atoms with Crippen LogP contribution in [-0.2, 0) is 16.1 Å². The highest BCUT2D eigenvalue weighted by Gasteiger charge is 2.18. The number of nitrogens with zero attached hydrogens (tertiary/aromatic N) is 1. The maximum Gasteiger partial charge on any atom is 0.336 e. The minimum Gasteiger partial charge on any atom is -0.464 e. The zero-order valence-corrected chi connectivity index (χ0v) is 11.8. The number of esters is 1. The Morgan fingerprint density at radius 1 is 1.50 bits per heavy atom. The summed E-state index contributed by atoms with van der Waals surface area (Å²) in [7, 11) is 0. The van der Waals surface area contributed by atoms with Gasteiger partial charge in [0.05, 0.1) is 13.2 Å². The third kappa shape index (κ3) is 5.14. The molecule has 0 bridgehead atoms. The molecule has 0 spiro atoms. The average molecular weight is 317 g/mol. The number of rotatable bonds is 6. The summed E-state index contributed by atoms with van der Waals surface area (Å²) in [6, 6.07) is 7.65. The van der Waals surface area contributed by atoms with Crippen LogP contribution in [0.4, 0.5) is 0 Å². The monoisotopic (exact) mass is 316 g/mol. The molecule has 3 N–H and O–H groups in total. The summed E-state index contributed by atoms with van der Waals surface area (Å²) in [6.45, 7) is 2.42. The van der Waals surface area contributed by atoms with Gasteiger partial charge in [0.2, 0.25) is 0 Å². The average Bonchev–Trinajstić information content (AvgIpc) is 2.32. The predicted molar refractivity (Wildman–Crippen MR) is 71.4 cm³/mol. The Morgan fingerprint density at radius 2 is 2.11 bits per heavy atom. The molecule has 0 amide bonds. The fourth-order valence-corrected chi connectivity index (χ4v) is 1.69. The summed E-state index contributed by atoms with van der Waals surface area (Å²) in [5.41, 5.74) is 0.997. The van der Waals surface area contributed by atoms with Crippen LogP contribution in [0.15, 0.2) is 28.7 Å². The quantitative estimate of drug-likeness (QED) is 0.466. The largest absolute Gasteiger partial charge is 0.464 e. The van der Waals surface area contributed by atoms with Crippen molar-refractivity contribution >= 4 is 21.9 Å². The molecule has 0 aliphatic rings. The van der Waals surface area contributed by atoms with E-state index in [2.05, 4.69) is 15.9 Å². The van der Waals surface area contributed by atoms with Crippen molar-refractivity contribution in [2.75, 3.05) is 13.2 Å². The van der Waals surface area contributed by atoms with Gasteiger partial charge in [-0.3, -0.25) is 5.84 Å². The molecule has 0 aliphatic carbocycles. The maximum absolute atomic E-state index is 11.2. The first-order valence-electron chi connectivity index (χ1n) is 5.61. The van der Waals surface area contributed by atoms with Crippen LogP contribution >= 0.6 is 15.9 Å². The molecule has 5 nitrogen and oxygen atoms in total. The van der Waals surface area contributed by atoms with E-state index in [1.54, 1.807) is 6.92 Å². The molecule has 0 fully saturated rings. The van der Waals surface area contributed by atoms with Gasteiger partial charge >= 0.3 is 5.97 Å². The molecule has 1 rings (SSSR count). The Bertz CT molecular complexity index is 383. The molecule has 1 aromatic carbocycles. The van der Waals surface area contributed by atoms with Gasteiger partial charge in [-0.2, -0.15) is 0 Å². The lowest BCUT2D eigenvalue weighted by molar-refractivity contribution is -0.154. The minimum absolute atomic E-state index is 0.0366. The molecule has 0 aliphatic heterocycles. The topological polar surface area (TPSA) is 75.8 Å². The molecule has 0 saturated heterocycles. The third-order valence-corrected chi connectivity index (χ3v) is 2.79. The molecule has 0 aromatic heterocycles. The lowest BCUT2D eigenvalue weighted by atomic mass is 10.2. The van der Waals surface area contributed by atoms with Gasteiger partial charge in [-0.1, -0.05) is 28.1 Å². The number of ether oxygens (including phenoxy) is 1. The fourth-order valence-electron chi connectivity index (χ4n) is 1.42. The molecule has 0 radical (unpaired) electrons. The maximum atomic E-state index is 11.2. The Hall–Kier alpha value is -0.950. The number of carbonyl (C=O) groups is 1. The van der Waals surface area contributed by atoms with E-state index in [0.29, 0.717) is 6.54 Å². The second-order valence-electron chi connectivity index (χ2n) is 3.82. The number of hydrazine groups is 1. The number of aliphatic hydroxyl groups excluding tert-OH is 1. The number of halogens is 1. The van der Waals surface area contributed by atoms with Gasteiger partial charge in [0.15, 0.2) is 6.10 Å². The molecule has 1 aromatic rings. The van der Waals surface area contributed by atoms with Gasteiger partial charge in [0.25, 0.3) is 0 Å². The van der Waals surface area contributed by atoms with E-state index in [9.17, 15) is 9.90 Å². The standard InChI is InChI=1S/C12H17BrN2O3/c1-2-18-12(17)11(16)8-15(14)7-9-3-5-10(13)6-4-9/h3-6,11,16H,2,7-8,14H2,1H3/t11-/m1/s1. The van der Waals surface area contributed by atoms with Crippen LogP contribution in [-0.4, -0.2) is 35.3 Å². The molecule has 6 heteroatoms. The zero-order valence-electron chi connectivity index (χ0n) is 10.2. The van der Waals surface area contributed by atoms with E-state index in [4.69, 9.17) is 10.6 Å². The second-order valence-corrected chi connectivity index (χ2v) is 4.74. The highest BCUT2D eigenvalue weighted by atomic mass is 79.9. The summed E-state index contributed by atoms with van der Waals surface area (Å²) >= 11 is 3.34. The first-order chi connectivity index (χ1) is 8.52. The fraction of sp³-hybridized carbons (Fsp3) is 0.417. The number of nitrogens with two attached hydrogens (primary N) is 1. The summed E-state index contributed by atoms with van der Waals surface area (Å²) in [4.78, 5) is 11.2. The van der Waals surface area contributed by atoms with Crippen LogP contribution in [0, 0.1) is 0 Å². The smallest absolute Gasteiger partial charge is 0.336 e. The number of aliphatic hydroxyl groups is 1. The lowest BCUT2D eigenvalue weighted by Crippen LogP contribution is -2.41. The molecule has 100 valence electrons.